The van der Waals surface area contributed by atoms with Crippen molar-refractivity contribution in [1.82, 2.24) is 9.80 Å². The molecular weight excluding hydrogens is 354 g/mol. The number of thiocarbonyl (C=S) groups is 2. The minimum absolute atomic E-state index is 0.130. The Bertz CT molecular complexity index is 512. The van der Waals surface area contributed by atoms with Crippen LogP contribution in [0, 0.1) is 0 Å². The first kappa shape index (κ1) is 19.2. The third-order valence-corrected chi connectivity index (χ3v) is 6.28. The van der Waals surface area contributed by atoms with E-state index in [-0.39, 0.29) is 5.91 Å². The van der Waals surface area contributed by atoms with Crippen LogP contribution in [0.15, 0.2) is 30.3 Å². The molecular formula is C14H19N3OS4. The van der Waals surface area contributed by atoms with Gasteiger partial charge in [0.2, 0.25) is 5.91 Å². The number of hydrogen-bond acceptors (Lipinski definition) is 5. The van der Waals surface area contributed by atoms with Gasteiger partial charge in [-0.2, -0.15) is 0 Å². The third-order valence-electron chi connectivity index (χ3n) is 2.40. The zero-order chi connectivity index (χ0) is 16.7. The molecule has 0 spiro atoms. The van der Waals surface area contributed by atoms with Crippen LogP contribution in [0.3, 0.4) is 0 Å². The number of rotatable bonds is 4. The number of para-hydroxylation sites is 1. The van der Waals surface area contributed by atoms with Crippen LogP contribution < -0.4 is 5.32 Å². The molecule has 8 heteroatoms. The van der Waals surface area contributed by atoms with Gasteiger partial charge in [-0.3, -0.25) is 4.79 Å². The van der Waals surface area contributed by atoms with Gasteiger partial charge in [0.05, 0.1) is 0 Å². The third kappa shape index (κ3) is 6.51. The van der Waals surface area contributed by atoms with E-state index in [0.717, 1.165) is 5.69 Å². The monoisotopic (exact) mass is 373 g/mol. The standard InChI is InChI=1S/C14H19N3OS4/c1-16(2)13(19)21-12(22-14(20)17(3)4)11(18)15-10-8-6-5-7-9-10/h5-9,12H,1-4H3,(H,15,18). The summed E-state index contributed by atoms with van der Waals surface area (Å²) in [5, 5.41) is 2.89. The van der Waals surface area contributed by atoms with E-state index in [2.05, 4.69) is 5.32 Å². The second-order valence-electron chi connectivity index (χ2n) is 4.74. The van der Waals surface area contributed by atoms with Gasteiger partial charge in [-0.25, -0.2) is 0 Å². The SMILES string of the molecule is CN(C)C(=S)SC(SC(=S)N(C)C)C(=O)Nc1ccccc1. The van der Waals surface area contributed by atoms with Crippen molar-refractivity contribution in [3.05, 3.63) is 30.3 Å². The first-order valence-electron chi connectivity index (χ1n) is 6.43. The number of amides is 1. The van der Waals surface area contributed by atoms with Crippen LogP contribution in [-0.2, 0) is 4.79 Å². The van der Waals surface area contributed by atoms with Gasteiger partial charge in [-0.1, -0.05) is 66.2 Å². The van der Waals surface area contributed by atoms with Gasteiger partial charge in [0.1, 0.15) is 13.2 Å². The Balaban J connectivity index is 2.81. The zero-order valence-corrected chi connectivity index (χ0v) is 16.2. The Morgan fingerprint density at radius 3 is 1.86 bits per heavy atom. The van der Waals surface area contributed by atoms with Crippen molar-refractivity contribution >= 4 is 68.2 Å². The maximum atomic E-state index is 12.5. The van der Waals surface area contributed by atoms with Crippen LogP contribution in [0.2, 0.25) is 0 Å². The van der Waals surface area contributed by atoms with Crippen molar-refractivity contribution in [3.8, 4) is 0 Å². The molecule has 0 fully saturated rings. The fraction of sp³-hybridized carbons (Fsp3) is 0.357. The van der Waals surface area contributed by atoms with E-state index in [1.54, 1.807) is 0 Å². The van der Waals surface area contributed by atoms with Crippen LogP contribution in [0.25, 0.3) is 0 Å². The maximum absolute atomic E-state index is 12.5. The Morgan fingerprint density at radius 1 is 1.00 bits per heavy atom. The van der Waals surface area contributed by atoms with E-state index in [1.807, 2.05) is 68.3 Å². The van der Waals surface area contributed by atoms with Crippen molar-refractivity contribution < 1.29 is 4.79 Å². The highest BCUT2D eigenvalue weighted by Gasteiger charge is 2.25. The Labute approximate surface area is 151 Å². The van der Waals surface area contributed by atoms with Gasteiger partial charge in [-0.05, 0) is 12.1 Å². The number of nitrogens with zero attached hydrogens (tertiary/aromatic N) is 2. The van der Waals surface area contributed by atoms with E-state index in [1.165, 1.54) is 23.5 Å². The van der Waals surface area contributed by atoms with Gasteiger partial charge in [0.25, 0.3) is 0 Å². The van der Waals surface area contributed by atoms with Crippen molar-refractivity contribution in [2.45, 2.75) is 4.58 Å². The highest BCUT2D eigenvalue weighted by Crippen LogP contribution is 2.29. The molecule has 4 nitrogen and oxygen atoms in total. The van der Waals surface area contributed by atoms with Gasteiger partial charge < -0.3 is 15.1 Å². The summed E-state index contributed by atoms with van der Waals surface area (Å²) in [4.78, 5) is 16.1. The number of nitrogens with one attached hydrogen (secondary N) is 1. The van der Waals surface area contributed by atoms with Crippen LogP contribution in [0.5, 0.6) is 0 Å². The minimum atomic E-state index is -0.440. The summed E-state index contributed by atoms with van der Waals surface area (Å²) < 4.78 is 0.842. The smallest absolute Gasteiger partial charge is 0.248 e. The number of thioether (sulfide) groups is 2. The molecule has 0 saturated carbocycles. The lowest BCUT2D eigenvalue weighted by atomic mass is 10.3. The molecule has 0 aliphatic heterocycles. The lowest BCUT2D eigenvalue weighted by molar-refractivity contribution is -0.114. The summed E-state index contributed by atoms with van der Waals surface area (Å²) in [6, 6.07) is 9.34. The average Bonchev–Trinajstić information content (AvgIpc) is 2.46. The maximum Gasteiger partial charge on any atom is 0.248 e. The highest BCUT2D eigenvalue weighted by atomic mass is 32.2. The molecule has 0 unspecified atom stereocenters. The minimum Gasteiger partial charge on any atom is -0.364 e. The molecule has 1 amide bonds. The van der Waals surface area contributed by atoms with Crippen molar-refractivity contribution in [2.24, 2.45) is 0 Å². The summed E-state index contributed by atoms with van der Waals surface area (Å²) in [7, 11) is 7.43. The normalized spacial score (nSPS) is 10.2. The van der Waals surface area contributed by atoms with Crippen molar-refractivity contribution in [2.75, 3.05) is 33.5 Å². The Kier molecular flexibility index (Phi) is 8.16. The molecule has 1 aromatic rings. The number of anilines is 1. The van der Waals surface area contributed by atoms with Crippen molar-refractivity contribution in [1.29, 1.82) is 0 Å². The molecule has 1 N–H and O–H groups in total. The molecule has 1 aromatic carbocycles. The summed E-state index contributed by atoms with van der Waals surface area (Å²) in [6.07, 6.45) is 0. The number of benzene rings is 1. The van der Waals surface area contributed by atoms with E-state index in [0.29, 0.717) is 8.64 Å². The Morgan fingerprint density at radius 2 is 1.45 bits per heavy atom. The molecule has 22 heavy (non-hydrogen) atoms. The van der Waals surface area contributed by atoms with Gasteiger partial charge in [-0.15, -0.1) is 0 Å². The predicted molar refractivity (Wildman–Crippen MR) is 107 cm³/mol. The largest absolute Gasteiger partial charge is 0.364 e. The van der Waals surface area contributed by atoms with Crippen LogP contribution in [-0.4, -0.2) is 57.1 Å². The molecule has 0 radical (unpaired) electrons. The number of carbonyl (C=O) groups excluding carboxylic acids is 1. The molecule has 0 aliphatic carbocycles. The molecule has 0 saturated heterocycles. The lowest BCUT2D eigenvalue weighted by Gasteiger charge is -2.22. The summed E-state index contributed by atoms with van der Waals surface area (Å²) >= 11 is 13.2. The van der Waals surface area contributed by atoms with Gasteiger partial charge in [0, 0.05) is 33.9 Å². The van der Waals surface area contributed by atoms with E-state index < -0.39 is 4.58 Å². The molecule has 0 heterocycles. The molecule has 0 aliphatic rings. The van der Waals surface area contributed by atoms with E-state index >= 15 is 0 Å². The van der Waals surface area contributed by atoms with Crippen LogP contribution >= 0.6 is 48.0 Å². The molecule has 1 rings (SSSR count). The van der Waals surface area contributed by atoms with Gasteiger partial charge >= 0.3 is 0 Å². The van der Waals surface area contributed by atoms with Crippen LogP contribution in [0.1, 0.15) is 0 Å². The quantitative estimate of drug-likeness (QED) is 0.642. The lowest BCUT2D eigenvalue weighted by Crippen LogP contribution is -2.30. The van der Waals surface area contributed by atoms with Gasteiger partial charge in [0.15, 0.2) is 0 Å². The van der Waals surface area contributed by atoms with E-state index in [4.69, 9.17) is 24.4 Å². The molecule has 0 bridgehead atoms. The summed E-state index contributed by atoms with van der Waals surface area (Å²) in [6.45, 7) is 0. The van der Waals surface area contributed by atoms with Crippen molar-refractivity contribution in [3.63, 3.8) is 0 Å². The second-order valence-corrected chi connectivity index (χ2v) is 8.52. The predicted octanol–water partition coefficient (Wildman–Crippen LogP) is 3.11. The highest BCUT2D eigenvalue weighted by molar-refractivity contribution is 8.37. The molecule has 0 atom stereocenters. The Hall–Kier alpha value is -0.830. The second kappa shape index (κ2) is 9.34. The van der Waals surface area contributed by atoms with E-state index in [9.17, 15) is 4.79 Å². The number of hydrogen-bond donors (Lipinski definition) is 1. The zero-order valence-electron chi connectivity index (χ0n) is 12.9. The summed E-state index contributed by atoms with van der Waals surface area (Å²) in [5.74, 6) is -0.130. The van der Waals surface area contributed by atoms with Crippen LogP contribution in [0.4, 0.5) is 5.69 Å². The molecule has 0 aromatic heterocycles. The first-order chi connectivity index (χ1) is 10.3. The topological polar surface area (TPSA) is 35.6 Å². The fourth-order valence-corrected chi connectivity index (χ4v) is 4.05. The number of carbonyl (C=O) groups is 1. The fourth-order valence-electron chi connectivity index (χ4n) is 1.25. The first-order valence-corrected chi connectivity index (χ1v) is 9.00. The molecule has 120 valence electrons. The summed E-state index contributed by atoms with van der Waals surface area (Å²) in [5.41, 5.74) is 0.755. The average molecular weight is 374 g/mol.